The molecule has 0 aliphatic rings. The van der Waals surface area contributed by atoms with Crippen LogP contribution >= 0.6 is 0 Å². The van der Waals surface area contributed by atoms with Crippen LogP contribution in [0.3, 0.4) is 0 Å². The van der Waals surface area contributed by atoms with E-state index in [4.69, 9.17) is 5.11 Å². The number of hydrogen-bond acceptors (Lipinski definition) is 2. The van der Waals surface area contributed by atoms with Gasteiger partial charge < -0.3 is 10.4 Å². The summed E-state index contributed by atoms with van der Waals surface area (Å²) < 4.78 is 0. The molecule has 0 fully saturated rings. The maximum absolute atomic E-state index is 10.5. The quantitative estimate of drug-likeness (QED) is 0.612. The summed E-state index contributed by atoms with van der Waals surface area (Å²) in [5, 5.41) is 11.4. The van der Waals surface area contributed by atoms with Crippen molar-refractivity contribution in [2.24, 2.45) is 5.92 Å². The van der Waals surface area contributed by atoms with Crippen LogP contribution in [-0.4, -0.2) is 24.2 Å². The van der Waals surface area contributed by atoms with Gasteiger partial charge in [0.25, 0.3) is 0 Å². The van der Waals surface area contributed by atoms with Crippen LogP contribution in [0.15, 0.2) is 0 Å². The van der Waals surface area contributed by atoms with Crippen molar-refractivity contribution in [2.45, 2.75) is 26.3 Å². The molecule has 0 aromatic heterocycles. The Balaban J connectivity index is 3.92. The van der Waals surface area contributed by atoms with Gasteiger partial charge in [0.05, 0.1) is 0 Å². The van der Waals surface area contributed by atoms with Crippen LogP contribution < -0.4 is 5.32 Å². The lowest BCUT2D eigenvalue weighted by Crippen LogP contribution is -2.39. The second-order valence-corrected chi connectivity index (χ2v) is 2.49. The number of rotatable bonds is 4. The molecular weight excluding hydrogens is 130 g/mol. The summed E-state index contributed by atoms with van der Waals surface area (Å²) in [5.74, 6) is -0.570. The first-order valence-corrected chi connectivity index (χ1v) is 3.53. The Morgan fingerprint density at radius 3 is 2.30 bits per heavy atom. The maximum atomic E-state index is 10.5. The fraction of sp³-hybridized carbons (Fsp3) is 0.857. The number of aliphatic carboxylic acids is 1. The normalized spacial score (nSPS) is 16.3. The highest BCUT2D eigenvalue weighted by molar-refractivity contribution is 5.73. The first kappa shape index (κ1) is 9.43. The van der Waals surface area contributed by atoms with E-state index in [9.17, 15) is 4.79 Å². The van der Waals surface area contributed by atoms with Crippen molar-refractivity contribution >= 4 is 5.97 Å². The van der Waals surface area contributed by atoms with Gasteiger partial charge in [-0.25, -0.2) is 0 Å². The van der Waals surface area contributed by atoms with Crippen LogP contribution in [-0.2, 0) is 4.79 Å². The third-order valence-electron chi connectivity index (χ3n) is 1.79. The number of nitrogens with one attached hydrogen (secondary N) is 1. The lowest BCUT2D eigenvalue weighted by Gasteiger charge is -2.16. The molecule has 0 saturated carbocycles. The van der Waals surface area contributed by atoms with Gasteiger partial charge in [0.2, 0.25) is 0 Å². The van der Waals surface area contributed by atoms with E-state index in [0.717, 1.165) is 6.42 Å². The largest absolute Gasteiger partial charge is 0.480 e. The molecule has 0 aliphatic carbocycles. The van der Waals surface area contributed by atoms with Gasteiger partial charge in [-0.05, 0) is 13.0 Å². The molecule has 0 heterocycles. The molecule has 0 saturated heterocycles. The van der Waals surface area contributed by atoms with E-state index in [1.165, 1.54) is 0 Å². The minimum absolute atomic E-state index is 0.197. The molecule has 0 aliphatic heterocycles. The second-order valence-electron chi connectivity index (χ2n) is 2.49. The van der Waals surface area contributed by atoms with E-state index in [1.807, 2.05) is 13.8 Å². The average molecular weight is 145 g/mol. The molecule has 2 N–H and O–H groups in total. The number of hydrogen-bond donors (Lipinski definition) is 2. The Labute approximate surface area is 61.4 Å². The zero-order valence-corrected chi connectivity index (χ0v) is 6.72. The zero-order chi connectivity index (χ0) is 8.15. The minimum atomic E-state index is -0.767. The Kier molecular flexibility index (Phi) is 4.03. The molecule has 0 spiro atoms. The molecule has 60 valence electrons. The van der Waals surface area contributed by atoms with Gasteiger partial charge in [0.1, 0.15) is 6.04 Å². The average Bonchev–Trinajstić information content (AvgIpc) is 1.88. The van der Waals surface area contributed by atoms with Crippen molar-refractivity contribution < 1.29 is 9.90 Å². The van der Waals surface area contributed by atoms with Crippen LogP contribution in [0.2, 0.25) is 0 Å². The van der Waals surface area contributed by atoms with Crippen molar-refractivity contribution in [3.8, 4) is 0 Å². The standard InChI is InChI=1S/C7H15NO2/c1-4-5(2)6(8-3)7(9)10/h5-6,8H,4H2,1-3H3,(H,9,10)/t5?,6-/m0/s1. The Morgan fingerprint density at radius 1 is 1.70 bits per heavy atom. The van der Waals surface area contributed by atoms with Crippen LogP contribution in [0.25, 0.3) is 0 Å². The summed E-state index contributed by atoms with van der Waals surface area (Å²) in [5.41, 5.74) is 0. The number of carboxylic acid groups (broad SMARTS) is 1. The topological polar surface area (TPSA) is 49.3 Å². The van der Waals surface area contributed by atoms with E-state index in [1.54, 1.807) is 7.05 Å². The monoisotopic (exact) mass is 145 g/mol. The van der Waals surface area contributed by atoms with Crippen molar-refractivity contribution in [2.75, 3.05) is 7.05 Å². The molecule has 0 amide bonds. The van der Waals surface area contributed by atoms with Gasteiger partial charge in [0.15, 0.2) is 0 Å². The molecule has 0 rings (SSSR count). The van der Waals surface area contributed by atoms with Crippen LogP contribution in [0.4, 0.5) is 0 Å². The van der Waals surface area contributed by atoms with Gasteiger partial charge in [-0.2, -0.15) is 0 Å². The summed E-state index contributed by atoms with van der Waals surface area (Å²) in [6.07, 6.45) is 0.887. The van der Waals surface area contributed by atoms with Crippen LogP contribution in [0.1, 0.15) is 20.3 Å². The lowest BCUT2D eigenvalue weighted by molar-refractivity contribution is -0.140. The summed E-state index contributed by atoms with van der Waals surface area (Å²) in [4.78, 5) is 10.5. The molecule has 0 aromatic rings. The van der Waals surface area contributed by atoms with Gasteiger partial charge in [-0.1, -0.05) is 20.3 Å². The molecule has 3 heteroatoms. The Morgan fingerprint density at radius 2 is 2.20 bits per heavy atom. The number of likely N-dealkylation sites (N-methyl/N-ethyl adjacent to an activating group) is 1. The molecule has 3 nitrogen and oxygen atoms in total. The molecule has 2 atom stereocenters. The molecule has 1 unspecified atom stereocenters. The minimum Gasteiger partial charge on any atom is -0.480 e. The summed E-state index contributed by atoms with van der Waals surface area (Å²) in [6.45, 7) is 3.91. The smallest absolute Gasteiger partial charge is 0.320 e. The van der Waals surface area contributed by atoms with Gasteiger partial charge in [-0.15, -0.1) is 0 Å². The highest BCUT2D eigenvalue weighted by atomic mass is 16.4. The van der Waals surface area contributed by atoms with E-state index in [-0.39, 0.29) is 5.92 Å². The third kappa shape index (κ3) is 2.35. The number of carbonyl (C=O) groups is 1. The predicted molar refractivity (Wildman–Crippen MR) is 39.9 cm³/mol. The van der Waals surface area contributed by atoms with Crippen molar-refractivity contribution in [1.82, 2.24) is 5.32 Å². The molecule has 0 aromatic carbocycles. The van der Waals surface area contributed by atoms with Crippen molar-refractivity contribution in [3.05, 3.63) is 0 Å². The first-order valence-electron chi connectivity index (χ1n) is 3.53. The molecule has 0 radical (unpaired) electrons. The van der Waals surface area contributed by atoms with E-state index in [0.29, 0.717) is 0 Å². The van der Waals surface area contributed by atoms with Crippen molar-refractivity contribution in [1.29, 1.82) is 0 Å². The van der Waals surface area contributed by atoms with E-state index >= 15 is 0 Å². The summed E-state index contributed by atoms with van der Waals surface area (Å²) in [7, 11) is 1.67. The molecule has 0 bridgehead atoms. The molecule has 10 heavy (non-hydrogen) atoms. The Hall–Kier alpha value is -0.570. The van der Waals surface area contributed by atoms with E-state index in [2.05, 4.69) is 5.32 Å². The van der Waals surface area contributed by atoms with Crippen molar-refractivity contribution in [3.63, 3.8) is 0 Å². The maximum Gasteiger partial charge on any atom is 0.320 e. The first-order chi connectivity index (χ1) is 4.63. The Bertz CT molecular complexity index is 114. The third-order valence-corrected chi connectivity index (χ3v) is 1.79. The van der Waals surface area contributed by atoms with Gasteiger partial charge in [-0.3, -0.25) is 4.79 Å². The highest BCUT2D eigenvalue weighted by Crippen LogP contribution is 2.06. The molecular formula is C7H15NO2. The fourth-order valence-corrected chi connectivity index (χ4v) is 0.887. The summed E-state index contributed by atoms with van der Waals surface area (Å²) >= 11 is 0. The predicted octanol–water partition coefficient (Wildman–Crippen LogP) is 0.705. The van der Waals surface area contributed by atoms with Crippen LogP contribution in [0, 0.1) is 5.92 Å². The SMILES string of the molecule is CCC(C)[C@H](NC)C(=O)O. The number of carboxylic acids is 1. The second kappa shape index (κ2) is 4.28. The fourth-order valence-electron chi connectivity index (χ4n) is 0.887. The zero-order valence-electron chi connectivity index (χ0n) is 6.72. The van der Waals surface area contributed by atoms with E-state index < -0.39 is 12.0 Å². The highest BCUT2D eigenvalue weighted by Gasteiger charge is 2.20. The van der Waals surface area contributed by atoms with Crippen LogP contribution in [0.5, 0.6) is 0 Å². The van der Waals surface area contributed by atoms with Gasteiger partial charge >= 0.3 is 5.97 Å². The lowest BCUT2D eigenvalue weighted by atomic mass is 10.00. The summed E-state index contributed by atoms with van der Waals surface area (Å²) in [6, 6.07) is -0.398. The van der Waals surface area contributed by atoms with Gasteiger partial charge in [0, 0.05) is 0 Å².